The first-order valence-electron chi connectivity index (χ1n) is 2.99. The van der Waals surface area contributed by atoms with Gasteiger partial charge in [-0.2, -0.15) is 0 Å². The van der Waals surface area contributed by atoms with Crippen LogP contribution in [-0.2, 0) is 4.79 Å². The van der Waals surface area contributed by atoms with Crippen LogP contribution in [0.3, 0.4) is 0 Å². The number of aliphatic hydroxyl groups excluding tert-OH is 1. The largest absolute Gasteiger partial charge is 0.389 e. The number of ketones is 1. The van der Waals surface area contributed by atoms with Crippen LogP contribution in [0.2, 0.25) is 0 Å². The van der Waals surface area contributed by atoms with E-state index in [1.165, 1.54) is 6.92 Å². The van der Waals surface area contributed by atoms with Crippen LogP contribution < -0.4 is 0 Å². The summed E-state index contributed by atoms with van der Waals surface area (Å²) in [4.78, 5) is 10.7. The van der Waals surface area contributed by atoms with E-state index in [0.717, 1.165) is 0 Å². The van der Waals surface area contributed by atoms with Gasteiger partial charge in [0.15, 0.2) is 5.78 Å². The van der Waals surface area contributed by atoms with Gasteiger partial charge in [0.2, 0.25) is 0 Å². The molecule has 0 aliphatic carbocycles. The molecule has 9 heavy (non-hydrogen) atoms. The lowest BCUT2D eigenvalue weighted by Crippen LogP contribution is -2.12. The van der Waals surface area contributed by atoms with Crippen molar-refractivity contribution in [3.05, 3.63) is 12.2 Å². The standard InChI is InChI=1S/C7H12O2/c1-4-7(9)5(2)6(3)8/h6,8H,2,4H2,1,3H3. The molecule has 0 aliphatic heterocycles. The van der Waals surface area contributed by atoms with Crippen LogP contribution in [0, 0.1) is 0 Å². The van der Waals surface area contributed by atoms with Crippen molar-refractivity contribution in [3.8, 4) is 0 Å². The fraction of sp³-hybridized carbons (Fsp3) is 0.571. The molecule has 0 bridgehead atoms. The van der Waals surface area contributed by atoms with E-state index in [1.807, 2.05) is 0 Å². The highest BCUT2D eigenvalue weighted by Crippen LogP contribution is 2.01. The van der Waals surface area contributed by atoms with Crippen LogP contribution >= 0.6 is 0 Å². The molecule has 0 heterocycles. The smallest absolute Gasteiger partial charge is 0.160 e. The first-order valence-corrected chi connectivity index (χ1v) is 2.99. The molecule has 1 N–H and O–H groups in total. The maximum Gasteiger partial charge on any atom is 0.160 e. The Morgan fingerprint density at radius 3 is 2.33 bits per heavy atom. The van der Waals surface area contributed by atoms with Crippen molar-refractivity contribution in [1.29, 1.82) is 0 Å². The molecule has 2 nitrogen and oxygen atoms in total. The van der Waals surface area contributed by atoms with Crippen molar-refractivity contribution >= 4 is 5.78 Å². The molecular formula is C7H12O2. The lowest BCUT2D eigenvalue weighted by molar-refractivity contribution is -0.116. The molecule has 0 aromatic heterocycles. The summed E-state index contributed by atoms with van der Waals surface area (Å²) < 4.78 is 0. The fourth-order valence-electron chi connectivity index (χ4n) is 0.460. The van der Waals surface area contributed by atoms with Gasteiger partial charge in [-0.05, 0) is 6.92 Å². The Balaban J connectivity index is 3.89. The molecule has 0 fully saturated rings. The highest BCUT2D eigenvalue weighted by Gasteiger charge is 2.08. The summed E-state index contributed by atoms with van der Waals surface area (Å²) in [7, 11) is 0. The van der Waals surface area contributed by atoms with Crippen molar-refractivity contribution in [2.24, 2.45) is 0 Å². The number of carbonyl (C=O) groups is 1. The average molecular weight is 128 g/mol. The number of Topliss-reactive ketones (excluding diaryl/α,β-unsaturated/α-hetero) is 1. The zero-order valence-corrected chi connectivity index (χ0v) is 5.85. The third-order valence-corrected chi connectivity index (χ3v) is 1.18. The van der Waals surface area contributed by atoms with Gasteiger partial charge in [-0.1, -0.05) is 13.5 Å². The zero-order chi connectivity index (χ0) is 7.44. The Hall–Kier alpha value is -0.630. The van der Waals surface area contributed by atoms with E-state index in [4.69, 9.17) is 5.11 Å². The fourth-order valence-corrected chi connectivity index (χ4v) is 0.460. The van der Waals surface area contributed by atoms with Gasteiger partial charge >= 0.3 is 0 Å². The third-order valence-electron chi connectivity index (χ3n) is 1.18. The number of carbonyl (C=O) groups excluding carboxylic acids is 1. The third kappa shape index (κ3) is 2.42. The summed E-state index contributed by atoms with van der Waals surface area (Å²) in [6, 6.07) is 0. The topological polar surface area (TPSA) is 37.3 Å². The lowest BCUT2D eigenvalue weighted by atomic mass is 10.1. The van der Waals surface area contributed by atoms with Gasteiger partial charge in [-0.25, -0.2) is 0 Å². The van der Waals surface area contributed by atoms with Crippen LogP contribution in [0.1, 0.15) is 20.3 Å². The van der Waals surface area contributed by atoms with Crippen LogP contribution in [0.5, 0.6) is 0 Å². The summed E-state index contributed by atoms with van der Waals surface area (Å²) in [5, 5.41) is 8.80. The summed E-state index contributed by atoms with van der Waals surface area (Å²) >= 11 is 0. The number of aliphatic hydroxyl groups is 1. The predicted octanol–water partition coefficient (Wildman–Crippen LogP) is 0.902. The molecule has 0 radical (unpaired) electrons. The molecular weight excluding hydrogens is 116 g/mol. The van der Waals surface area contributed by atoms with Crippen LogP contribution in [0.25, 0.3) is 0 Å². The van der Waals surface area contributed by atoms with Crippen LogP contribution in [0.15, 0.2) is 12.2 Å². The number of rotatable bonds is 3. The van der Waals surface area contributed by atoms with Crippen molar-refractivity contribution < 1.29 is 9.90 Å². The van der Waals surface area contributed by atoms with Gasteiger partial charge in [0.25, 0.3) is 0 Å². The van der Waals surface area contributed by atoms with E-state index >= 15 is 0 Å². The second-order valence-electron chi connectivity index (χ2n) is 1.98. The van der Waals surface area contributed by atoms with E-state index in [-0.39, 0.29) is 5.78 Å². The Labute approximate surface area is 55.2 Å². The SMILES string of the molecule is C=C(C(=O)CC)C(C)O. The van der Waals surface area contributed by atoms with E-state index < -0.39 is 6.10 Å². The van der Waals surface area contributed by atoms with Crippen molar-refractivity contribution in [3.63, 3.8) is 0 Å². The number of hydrogen-bond donors (Lipinski definition) is 1. The van der Waals surface area contributed by atoms with Crippen molar-refractivity contribution in [2.75, 3.05) is 0 Å². The van der Waals surface area contributed by atoms with E-state index in [9.17, 15) is 4.79 Å². The Bertz CT molecular complexity index is 125. The Kier molecular flexibility index (Phi) is 3.17. The molecule has 0 aromatic carbocycles. The summed E-state index contributed by atoms with van der Waals surface area (Å²) in [5.41, 5.74) is 0.303. The molecule has 0 rings (SSSR count). The van der Waals surface area contributed by atoms with Crippen molar-refractivity contribution in [2.45, 2.75) is 26.4 Å². The molecule has 2 heteroatoms. The monoisotopic (exact) mass is 128 g/mol. The summed E-state index contributed by atoms with van der Waals surface area (Å²) in [6.45, 7) is 6.71. The molecule has 0 spiro atoms. The highest BCUT2D eigenvalue weighted by molar-refractivity contribution is 5.95. The summed E-state index contributed by atoms with van der Waals surface area (Å²) in [5.74, 6) is -0.0648. The van der Waals surface area contributed by atoms with Crippen LogP contribution in [0.4, 0.5) is 0 Å². The molecule has 0 amide bonds. The minimum atomic E-state index is -0.697. The highest BCUT2D eigenvalue weighted by atomic mass is 16.3. The van der Waals surface area contributed by atoms with Gasteiger partial charge in [-0.15, -0.1) is 0 Å². The van der Waals surface area contributed by atoms with Crippen molar-refractivity contribution in [1.82, 2.24) is 0 Å². The van der Waals surface area contributed by atoms with E-state index in [1.54, 1.807) is 6.92 Å². The molecule has 0 saturated heterocycles. The van der Waals surface area contributed by atoms with Gasteiger partial charge in [0.05, 0.1) is 6.10 Å². The molecule has 0 saturated carbocycles. The van der Waals surface area contributed by atoms with Gasteiger partial charge in [0, 0.05) is 12.0 Å². The van der Waals surface area contributed by atoms with Gasteiger partial charge in [0.1, 0.15) is 0 Å². The predicted molar refractivity (Wildman–Crippen MR) is 36.1 cm³/mol. The second-order valence-corrected chi connectivity index (χ2v) is 1.98. The normalized spacial score (nSPS) is 12.8. The maximum atomic E-state index is 10.7. The zero-order valence-electron chi connectivity index (χ0n) is 5.85. The second kappa shape index (κ2) is 3.41. The minimum Gasteiger partial charge on any atom is -0.389 e. The molecule has 1 unspecified atom stereocenters. The first kappa shape index (κ1) is 8.37. The molecule has 52 valence electrons. The van der Waals surface area contributed by atoms with E-state index in [2.05, 4.69) is 6.58 Å². The van der Waals surface area contributed by atoms with E-state index in [0.29, 0.717) is 12.0 Å². The van der Waals surface area contributed by atoms with Gasteiger partial charge in [-0.3, -0.25) is 4.79 Å². The lowest BCUT2D eigenvalue weighted by Gasteiger charge is -2.03. The molecule has 0 aromatic rings. The summed E-state index contributed by atoms with van der Waals surface area (Å²) in [6.07, 6.45) is -0.276. The van der Waals surface area contributed by atoms with Gasteiger partial charge < -0.3 is 5.11 Å². The number of hydrogen-bond acceptors (Lipinski definition) is 2. The maximum absolute atomic E-state index is 10.7. The van der Waals surface area contributed by atoms with Crippen LogP contribution in [-0.4, -0.2) is 17.0 Å². The minimum absolute atomic E-state index is 0.0648. The Morgan fingerprint density at radius 2 is 2.22 bits per heavy atom. The molecule has 1 atom stereocenters. The quantitative estimate of drug-likeness (QED) is 0.573. The molecule has 0 aliphatic rings. The average Bonchev–Trinajstić information content (AvgIpc) is 1.84. The first-order chi connectivity index (χ1) is 4.09. The Morgan fingerprint density at radius 1 is 1.78 bits per heavy atom.